The SMILES string of the molecule is CCC(CO)(CO)Nc1ccc([N+](=O)[O-])c(C#N)c1. The van der Waals surface area contributed by atoms with E-state index < -0.39 is 10.5 Å². The summed E-state index contributed by atoms with van der Waals surface area (Å²) in [7, 11) is 0. The van der Waals surface area contributed by atoms with Crippen molar-refractivity contribution >= 4 is 11.4 Å². The Labute approximate surface area is 110 Å². The molecule has 0 spiro atoms. The van der Waals surface area contributed by atoms with Crippen molar-refractivity contribution in [2.24, 2.45) is 0 Å². The summed E-state index contributed by atoms with van der Waals surface area (Å²) < 4.78 is 0. The van der Waals surface area contributed by atoms with E-state index >= 15 is 0 Å². The van der Waals surface area contributed by atoms with Crippen LogP contribution in [0.3, 0.4) is 0 Å². The molecule has 0 atom stereocenters. The van der Waals surface area contributed by atoms with Crippen molar-refractivity contribution in [3.05, 3.63) is 33.9 Å². The minimum atomic E-state index is -0.914. The van der Waals surface area contributed by atoms with Crippen molar-refractivity contribution in [3.63, 3.8) is 0 Å². The number of hydrogen-bond donors (Lipinski definition) is 3. The van der Waals surface area contributed by atoms with Crippen LogP contribution >= 0.6 is 0 Å². The van der Waals surface area contributed by atoms with Crippen LogP contribution in [0.25, 0.3) is 0 Å². The van der Waals surface area contributed by atoms with Crippen LogP contribution in [0.2, 0.25) is 0 Å². The molecule has 0 bridgehead atoms. The third-order valence-corrected chi connectivity index (χ3v) is 3.01. The molecule has 1 rings (SSSR count). The highest BCUT2D eigenvalue weighted by molar-refractivity contribution is 5.59. The van der Waals surface area contributed by atoms with Crippen LogP contribution < -0.4 is 5.32 Å². The lowest BCUT2D eigenvalue weighted by molar-refractivity contribution is -0.385. The predicted octanol–water partition coefficient (Wildman–Crippen LogP) is 1.01. The largest absolute Gasteiger partial charge is 0.394 e. The molecule has 0 fully saturated rings. The zero-order valence-corrected chi connectivity index (χ0v) is 10.5. The molecule has 0 aliphatic heterocycles. The first-order chi connectivity index (χ1) is 9.01. The number of anilines is 1. The Kier molecular flexibility index (Phi) is 4.80. The van der Waals surface area contributed by atoms with Crippen molar-refractivity contribution in [2.45, 2.75) is 18.9 Å². The summed E-state index contributed by atoms with van der Waals surface area (Å²) in [5.41, 5.74) is -0.825. The number of nitrogens with one attached hydrogen (secondary N) is 1. The number of nitro groups is 1. The summed E-state index contributed by atoms with van der Waals surface area (Å²) in [6.45, 7) is 1.20. The average molecular weight is 265 g/mol. The number of aliphatic hydroxyl groups excluding tert-OH is 2. The van der Waals surface area contributed by atoms with E-state index in [9.17, 15) is 20.3 Å². The molecule has 0 radical (unpaired) electrons. The zero-order chi connectivity index (χ0) is 14.5. The number of hydrogen-bond acceptors (Lipinski definition) is 6. The second-order valence-corrected chi connectivity index (χ2v) is 4.18. The monoisotopic (exact) mass is 265 g/mol. The highest BCUT2D eigenvalue weighted by Gasteiger charge is 2.27. The molecular formula is C12H15N3O4. The Morgan fingerprint density at radius 2 is 2.11 bits per heavy atom. The molecule has 1 aromatic rings. The van der Waals surface area contributed by atoms with Crippen LogP contribution in [-0.4, -0.2) is 33.9 Å². The summed E-state index contributed by atoms with van der Waals surface area (Å²) in [5.74, 6) is 0. The van der Waals surface area contributed by atoms with E-state index in [2.05, 4.69) is 5.32 Å². The number of nitriles is 1. The van der Waals surface area contributed by atoms with Gasteiger partial charge in [-0.05, 0) is 18.6 Å². The normalized spacial score (nSPS) is 10.8. The first kappa shape index (κ1) is 14.9. The quantitative estimate of drug-likeness (QED) is 0.521. The molecule has 102 valence electrons. The topological polar surface area (TPSA) is 119 Å². The molecular weight excluding hydrogens is 250 g/mol. The highest BCUT2D eigenvalue weighted by atomic mass is 16.6. The Morgan fingerprint density at radius 3 is 2.53 bits per heavy atom. The van der Waals surface area contributed by atoms with Gasteiger partial charge in [0.25, 0.3) is 5.69 Å². The molecule has 7 heteroatoms. The maximum atomic E-state index is 10.7. The lowest BCUT2D eigenvalue weighted by atomic mass is 9.97. The second-order valence-electron chi connectivity index (χ2n) is 4.18. The van der Waals surface area contributed by atoms with E-state index in [1.54, 1.807) is 13.0 Å². The summed E-state index contributed by atoms with van der Waals surface area (Å²) in [4.78, 5) is 10.1. The fourth-order valence-electron chi connectivity index (χ4n) is 1.61. The molecule has 1 aromatic carbocycles. The summed E-state index contributed by atoms with van der Waals surface area (Å²) in [6.07, 6.45) is 0.457. The molecule has 3 N–H and O–H groups in total. The standard InChI is InChI=1S/C12H15N3O4/c1-2-12(7-16,8-17)14-10-3-4-11(15(18)19)9(5-10)6-13/h3-5,14,16-17H,2,7-8H2,1H3. The number of rotatable bonds is 6. The fourth-order valence-corrected chi connectivity index (χ4v) is 1.61. The van der Waals surface area contributed by atoms with Gasteiger partial charge >= 0.3 is 0 Å². The van der Waals surface area contributed by atoms with E-state index in [0.717, 1.165) is 0 Å². The lowest BCUT2D eigenvalue weighted by Gasteiger charge is -2.30. The van der Waals surface area contributed by atoms with Gasteiger partial charge in [0.05, 0.1) is 23.7 Å². The minimum absolute atomic E-state index is 0.0733. The maximum Gasteiger partial charge on any atom is 0.287 e. The van der Waals surface area contributed by atoms with Gasteiger partial charge in [-0.1, -0.05) is 6.92 Å². The highest BCUT2D eigenvalue weighted by Crippen LogP contribution is 2.25. The predicted molar refractivity (Wildman–Crippen MR) is 68.6 cm³/mol. The van der Waals surface area contributed by atoms with Gasteiger partial charge < -0.3 is 15.5 Å². The van der Waals surface area contributed by atoms with Crippen molar-refractivity contribution in [1.82, 2.24) is 0 Å². The first-order valence-electron chi connectivity index (χ1n) is 5.70. The van der Waals surface area contributed by atoms with E-state index in [1.165, 1.54) is 18.2 Å². The van der Waals surface area contributed by atoms with Crippen LogP contribution in [-0.2, 0) is 0 Å². The van der Waals surface area contributed by atoms with Gasteiger partial charge in [0.2, 0.25) is 0 Å². The van der Waals surface area contributed by atoms with Gasteiger partial charge in [-0.2, -0.15) is 5.26 Å². The summed E-state index contributed by atoms with van der Waals surface area (Å²) in [5, 5.41) is 41.1. The molecule has 0 aromatic heterocycles. The van der Waals surface area contributed by atoms with E-state index in [4.69, 9.17) is 5.26 Å². The Balaban J connectivity index is 3.11. The van der Waals surface area contributed by atoms with Gasteiger partial charge in [-0.3, -0.25) is 10.1 Å². The van der Waals surface area contributed by atoms with Gasteiger partial charge in [-0.15, -0.1) is 0 Å². The molecule has 0 amide bonds. The number of aliphatic hydroxyl groups is 2. The van der Waals surface area contributed by atoms with Crippen molar-refractivity contribution in [1.29, 1.82) is 5.26 Å². The Morgan fingerprint density at radius 1 is 1.47 bits per heavy atom. The Hall–Kier alpha value is -2.17. The third kappa shape index (κ3) is 3.19. The first-order valence-corrected chi connectivity index (χ1v) is 5.70. The lowest BCUT2D eigenvalue weighted by Crippen LogP contribution is -2.45. The van der Waals surface area contributed by atoms with Gasteiger partial charge in [0.1, 0.15) is 11.6 Å². The molecule has 0 saturated carbocycles. The van der Waals surface area contributed by atoms with Crippen LogP contribution in [0, 0.1) is 21.4 Å². The molecule has 0 aliphatic rings. The molecule has 7 nitrogen and oxygen atoms in total. The molecule has 0 aliphatic carbocycles. The van der Waals surface area contributed by atoms with E-state index in [-0.39, 0.29) is 24.5 Å². The third-order valence-electron chi connectivity index (χ3n) is 3.01. The number of benzene rings is 1. The summed E-state index contributed by atoms with van der Waals surface area (Å²) >= 11 is 0. The second kappa shape index (κ2) is 6.13. The minimum Gasteiger partial charge on any atom is -0.394 e. The number of nitrogens with zero attached hydrogens (tertiary/aromatic N) is 2. The van der Waals surface area contributed by atoms with Crippen molar-refractivity contribution in [2.75, 3.05) is 18.5 Å². The van der Waals surface area contributed by atoms with Crippen LogP contribution in [0.15, 0.2) is 18.2 Å². The van der Waals surface area contributed by atoms with Crippen molar-refractivity contribution < 1.29 is 15.1 Å². The zero-order valence-electron chi connectivity index (χ0n) is 10.5. The molecule has 0 saturated heterocycles. The van der Waals surface area contributed by atoms with Crippen LogP contribution in [0.5, 0.6) is 0 Å². The fraction of sp³-hybridized carbons (Fsp3) is 0.417. The molecule has 0 unspecified atom stereocenters. The smallest absolute Gasteiger partial charge is 0.287 e. The van der Waals surface area contributed by atoms with E-state index in [1.807, 2.05) is 0 Å². The maximum absolute atomic E-state index is 10.7. The van der Waals surface area contributed by atoms with Crippen molar-refractivity contribution in [3.8, 4) is 6.07 Å². The van der Waals surface area contributed by atoms with Gasteiger partial charge in [-0.25, -0.2) is 0 Å². The average Bonchev–Trinajstić information content (AvgIpc) is 2.44. The molecule has 19 heavy (non-hydrogen) atoms. The van der Waals surface area contributed by atoms with E-state index in [0.29, 0.717) is 12.1 Å². The van der Waals surface area contributed by atoms with Gasteiger partial charge in [0, 0.05) is 11.8 Å². The Bertz CT molecular complexity index is 498. The number of nitro benzene ring substituents is 1. The van der Waals surface area contributed by atoms with Crippen LogP contribution in [0.1, 0.15) is 18.9 Å². The van der Waals surface area contributed by atoms with Crippen LogP contribution in [0.4, 0.5) is 11.4 Å². The molecule has 0 heterocycles. The van der Waals surface area contributed by atoms with Gasteiger partial charge in [0.15, 0.2) is 0 Å². The summed E-state index contributed by atoms with van der Waals surface area (Å²) in [6, 6.07) is 5.74.